The van der Waals surface area contributed by atoms with E-state index >= 15 is 0 Å². The molecule has 1 saturated heterocycles. The average molecular weight is 540 g/mol. The topological polar surface area (TPSA) is 61.9 Å². The van der Waals surface area contributed by atoms with Gasteiger partial charge in [0.1, 0.15) is 11.2 Å². The first-order valence-corrected chi connectivity index (χ1v) is 13.6. The minimum absolute atomic E-state index is 0.215. The number of rotatable bonds is 5. The predicted molar refractivity (Wildman–Crippen MR) is 156 cm³/mol. The number of nitrogens with zero attached hydrogens (tertiary/aromatic N) is 2. The third-order valence-corrected chi connectivity index (χ3v) is 8.20. The molecule has 2 aliphatic rings. The molecule has 1 unspecified atom stereocenters. The van der Waals surface area contributed by atoms with E-state index in [9.17, 15) is 9.59 Å². The number of hydrogen-bond acceptors (Lipinski definition) is 5. The molecule has 6 nitrogen and oxygen atoms in total. The van der Waals surface area contributed by atoms with Crippen molar-refractivity contribution >= 4 is 45.4 Å². The van der Waals surface area contributed by atoms with Crippen LogP contribution in [0.4, 0.5) is 11.4 Å². The van der Waals surface area contributed by atoms with Crippen molar-refractivity contribution in [3.8, 4) is 5.75 Å². The van der Waals surface area contributed by atoms with Crippen LogP contribution in [0.5, 0.6) is 5.75 Å². The monoisotopic (exact) mass is 539 g/mol. The van der Waals surface area contributed by atoms with Crippen LogP contribution in [0.1, 0.15) is 28.4 Å². The van der Waals surface area contributed by atoms with E-state index in [0.717, 1.165) is 48.2 Å². The molecule has 0 bridgehead atoms. The maximum atomic E-state index is 14.5. The van der Waals surface area contributed by atoms with E-state index in [-0.39, 0.29) is 11.7 Å². The van der Waals surface area contributed by atoms with Gasteiger partial charge < -0.3 is 19.9 Å². The number of carbonyl (C=O) groups excluding carboxylic acids is 2. The summed E-state index contributed by atoms with van der Waals surface area (Å²) < 4.78 is 5.34. The molecule has 7 heteroatoms. The van der Waals surface area contributed by atoms with Crippen molar-refractivity contribution in [1.29, 1.82) is 0 Å². The molecule has 4 aromatic carbocycles. The summed E-state index contributed by atoms with van der Waals surface area (Å²) in [5.74, 6) is 0.180. The van der Waals surface area contributed by atoms with Gasteiger partial charge in [-0.05, 0) is 59.2 Å². The highest BCUT2D eigenvalue weighted by Crippen LogP contribution is 2.46. The van der Waals surface area contributed by atoms with Crippen molar-refractivity contribution in [1.82, 2.24) is 5.32 Å². The number of fused-ring (bicyclic) bond motifs is 2. The normalized spacial score (nSPS) is 19.4. The summed E-state index contributed by atoms with van der Waals surface area (Å²) in [5, 5.41) is 6.10. The van der Waals surface area contributed by atoms with Crippen molar-refractivity contribution in [3.05, 3.63) is 101 Å². The van der Waals surface area contributed by atoms with E-state index in [1.165, 1.54) is 0 Å². The molecule has 1 fully saturated rings. The van der Waals surface area contributed by atoms with E-state index in [4.69, 9.17) is 16.3 Å². The van der Waals surface area contributed by atoms with Crippen molar-refractivity contribution < 1.29 is 14.3 Å². The van der Waals surface area contributed by atoms with Gasteiger partial charge in [0, 0.05) is 31.2 Å². The highest BCUT2D eigenvalue weighted by Gasteiger charge is 2.52. The summed E-state index contributed by atoms with van der Waals surface area (Å²) in [6.07, 6.45) is 0. The molecule has 2 heterocycles. The first kappa shape index (κ1) is 25.4. The Labute approximate surface area is 233 Å². The number of ether oxygens (including phenoxy) is 1. The lowest BCUT2D eigenvalue weighted by Gasteiger charge is -2.42. The van der Waals surface area contributed by atoms with E-state index in [0.29, 0.717) is 34.1 Å². The highest BCUT2D eigenvalue weighted by atomic mass is 35.5. The lowest BCUT2D eigenvalue weighted by atomic mass is 9.71. The lowest BCUT2D eigenvalue weighted by Crippen LogP contribution is -2.55. The first-order valence-electron chi connectivity index (χ1n) is 13.2. The Bertz CT molecular complexity index is 1580. The molecule has 4 aromatic rings. The molecule has 2 aliphatic heterocycles. The van der Waals surface area contributed by atoms with E-state index in [2.05, 4.69) is 34.5 Å². The molecule has 39 heavy (non-hydrogen) atoms. The largest absolute Gasteiger partial charge is 0.497 e. The van der Waals surface area contributed by atoms with Crippen LogP contribution < -0.4 is 19.9 Å². The summed E-state index contributed by atoms with van der Waals surface area (Å²) in [6, 6.07) is 25.2. The number of carbonyl (C=O) groups is 2. The number of nitrogens with one attached hydrogen (secondary N) is 1. The molecule has 0 aliphatic carbocycles. The van der Waals surface area contributed by atoms with Gasteiger partial charge in [-0.3, -0.25) is 9.59 Å². The first-order chi connectivity index (χ1) is 18.9. The molecule has 0 aromatic heterocycles. The quantitative estimate of drug-likeness (QED) is 0.335. The zero-order valence-electron chi connectivity index (χ0n) is 22.0. The molecular weight excluding hydrogens is 510 g/mol. The smallest absolute Gasteiger partial charge is 0.245 e. The van der Waals surface area contributed by atoms with Crippen molar-refractivity contribution in [2.24, 2.45) is 0 Å². The number of amides is 1. The highest BCUT2D eigenvalue weighted by molar-refractivity contribution is 6.34. The van der Waals surface area contributed by atoms with Crippen LogP contribution in [0.2, 0.25) is 5.02 Å². The van der Waals surface area contributed by atoms with Gasteiger partial charge in [0.05, 0.1) is 30.6 Å². The summed E-state index contributed by atoms with van der Waals surface area (Å²) in [7, 11) is 1.60. The fraction of sp³-hybridized carbons (Fsp3) is 0.250. The predicted octanol–water partition coefficient (Wildman–Crippen LogP) is 5.60. The van der Waals surface area contributed by atoms with Crippen LogP contribution in [-0.2, 0) is 16.8 Å². The van der Waals surface area contributed by atoms with Gasteiger partial charge in [-0.25, -0.2) is 0 Å². The van der Waals surface area contributed by atoms with Crippen LogP contribution in [0.25, 0.3) is 10.8 Å². The lowest BCUT2D eigenvalue weighted by molar-refractivity contribution is -0.122. The van der Waals surface area contributed by atoms with Gasteiger partial charge in [0.15, 0.2) is 5.78 Å². The minimum atomic E-state index is -1.41. The summed E-state index contributed by atoms with van der Waals surface area (Å²) in [6.45, 7) is 5.18. The van der Waals surface area contributed by atoms with Gasteiger partial charge in [-0.1, -0.05) is 60.1 Å². The number of anilines is 2. The summed E-state index contributed by atoms with van der Waals surface area (Å²) in [4.78, 5) is 32.9. The number of methoxy groups -OCH3 is 1. The molecule has 0 radical (unpaired) electrons. The van der Waals surface area contributed by atoms with E-state index in [1.807, 2.05) is 36.4 Å². The number of hydrogen-bond donors (Lipinski definition) is 1. The zero-order chi connectivity index (χ0) is 27.1. The van der Waals surface area contributed by atoms with Gasteiger partial charge in [-0.2, -0.15) is 0 Å². The molecule has 1 amide bonds. The molecule has 0 spiro atoms. The molecule has 1 atom stereocenters. The molecule has 6 rings (SSSR count). The van der Waals surface area contributed by atoms with Crippen LogP contribution in [0.15, 0.2) is 78.9 Å². The third-order valence-electron chi connectivity index (χ3n) is 7.99. The number of ketones is 1. The SMILES string of the molecule is COc1ccc(C2(C)C(=O)c3c(N4CCNCC4)cc(Cl)cc3N(Cc3ccc4ccccc4c3)C2=O)cc1. The second-order valence-corrected chi connectivity index (χ2v) is 10.7. The fourth-order valence-corrected chi connectivity index (χ4v) is 5.97. The van der Waals surface area contributed by atoms with Crippen molar-refractivity contribution in [2.45, 2.75) is 18.9 Å². The Kier molecular flexibility index (Phi) is 6.53. The van der Waals surface area contributed by atoms with E-state index in [1.54, 1.807) is 37.1 Å². The Morgan fingerprint density at radius 1 is 0.897 bits per heavy atom. The van der Waals surface area contributed by atoms with Crippen molar-refractivity contribution in [2.75, 3.05) is 43.1 Å². The Hall–Kier alpha value is -3.87. The Morgan fingerprint density at radius 3 is 2.31 bits per heavy atom. The number of piperazine rings is 1. The third kappa shape index (κ3) is 4.34. The number of halogens is 1. The molecule has 0 saturated carbocycles. The minimum Gasteiger partial charge on any atom is -0.497 e. The number of benzene rings is 4. The van der Waals surface area contributed by atoms with Gasteiger partial charge in [-0.15, -0.1) is 0 Å². The van der Waals surface area contributed by atoms with Crippen LogP contribution >= 0.6 is 11.6 Å². The van der Waals surface area contributed by atoms with Gasteiger partial charge >= 0.3 is 0 Å². The van der Waals surface area contributed by atoms with Gasteiger partial charge in [0.25, 0.3) is 0 Å². The Morgan fingerprint density at radius 2 is 1.59 bits per heavy atom. The summed E-state index contributed by atoms with van der Waals surface area (Å²) >= 11 is 6.66. The second-order valence-electron chi connectivity index (χ2n) is 10.3. The van der Waals surface area contributed by atoms with Crippen LogP contribution in [0, 0.1) is 0 Å². The molecule has 1 N–H and O–H groups in total. The van der Waals surface area contributed by atoms with Gasteiger partial charge in [0.2, 0.25) is 5.91 Å². The Balaban J connectivity index is 1.53. The zero-order valence-corrected chi connectivity index (χ0v) is 22.8. The second kappa shape index (κ2) is 10.0. The maximum Gasteiger partial charge on any atom is 0.245 e. The summed E-state index contributed by atoms with van der Waals surface area (Å²) in [5.41, 5.74) is 2.08. The molecular formula is C32H30ClN3O3. The maximum absolute atomic E-state index is 14.5. The molecule has 198 valence electrons. The van der Waals surface area contributed by atoms with Crippen molar-refractivity contribution in [3.63, 3.8) is 0 Å². The van der Waals surface area contributed by atoms with Crippen LogP contribution in [0.3, 0.4) is 0 Å². The fourth-order valence-electron chi connectivity index (χ4n) is 5.76. The average Bonchev–Trinajstić information content (AvgIpc) is 2.98. The van der Waals surface area contributed by atoms with Crippen LogP contribution in [-0.4, -0.2) is 45.0 Å². The standard InChI is InChI=1S/C32H30ClN3O3/c1-32(24-9-11-26(39-2)12-10-24)30(37)29-27(35-15-13-34-14-16-35)18-25(33)19-28(29)36(31(32)38)20-21-7-8-22-5-3-4-6-23(22)17-21/h3-12,17-19,34H,13-16,20H2,1-2H3. The van der Waals surface area contributed by atoms with E-state index < -0.39 is 5.41 Å². The number of Topliss-reactive ketones (excluding diaryl/α,β-unsaturated/α-hetero) is 1.